The molecule has 0 bridgehead atoms. The van der Waals surface area contributed by atoms with Crippen molar-refractivity contribution in [2.24, 2.45) is 5.41 Å². The molecule has 0 aliphatic rings. The molecule has 0 heterocycles. The molecule has 0 N–H and O–H groups in total. The highest BCUT2D eigenvalue weighted by atomic mass is 32.2. The van der Waals surface area contributed by atoms with Gasteiger partial charge in [0.2, 0.25) is 0 Å². The number of rotatable bonds is 8. The van der Waals surface area contributed by atoms with Crippen LogP contribution in [0.2, 0.25) is 0 Å². The van der Waals surface area contributed by atoms with Crippen molar-refractivity contribution in [1.29, 1.82) is 0 Å². The van der Waals surface area contributed by atoms with Crippen molar-refractivity contribution in [2.75, 3.05) is 11.5 Å². The van der Waals surface area contributed by atoms with Gasteiger partial charge in [-0.25, -0.2) is 0 Å². The van der Waals surface area contributed by atoms with Gasteiger partial charge in [-0.15, -0.1) is 11.8 Å². The summed E-state index contributed by atoms with van der Waals surface area (Å²) >= 11 is 6.59. The van der Waals surface area contributed by atoms with Gasteiger partial charge in [0.15, 0.2) is 0 Å². The lowest BCUT2D eigenvalue weighted by Crippen LogP contribution is -2.25. The van der Waals surface area contributed by atoms with Gasteiger partial charge in [-0.2, -0.15) is 12.6 Å². The monoisotopic (exact) mass is 268 g/mol. The second-order valence-corrected chi connectivity index (χ2v) is 6.12. The number of hydrogen-bond donors (Lipinski definition) is 1. The highest BCUT2D eigenvalue weighted by Crippen LogP contribution is 2.37. The van der Waals surface area contributed by atoms with Crippen molar-refractivity contribution in [1.82, 2.24) is 0 Å². The summed E-state index contributed by atoms with van der Waals surface area (Å²) in [6.07, 6.45) is 5.11. The molecule has 0 saturated heterocycles. The first-order valence-electron chi connectivity index (χ1n) is 6.55. The lowest BCUT2D eigenvalue weighted by molar-refractivity contribution is 0.318. The Labute approximate surface area is 116 Å². The minimum atomic E-state index is 0.424. The molecule has 0 aliphatic carbocycles. The molecule has 1 rings (SSSR count). The van der Waals surface area contributed by atoms with E-state index in [1.54, 1.807) is 0 Å². The molecule has 0 nitrogen and oxygen atoms in total. The molecule has 0 aliphatic heterocycles. The summed E-state index contributed by atoms with van der Waals surface area (Å²) in [5.41, 5.74) is 0.424. The summed E-state index contributed by atoms with van der Waals surface area (Å²) in [5, 5.41) is 0. The fourth-order valence-corrected chi connectivity index (χ4v) is 4.08. The molecule has 1 aromatic rings. The van der Waals surface area contributed by atoms with Gasteiger partial charge in [0.25, 0.3) is 0 Å². The number of benzene rings is 1. The first-order chi connectivity index (χ1) is 8.26. The first kappa shape index (κ1) is 15.0. The molecular weight excluding hydrogens is 244 g/mol. The third-order valence-electron chi connectivity index (χ3n) is 3.18. The summed E-state index contributed by atoms with van der Waals surface area (Å²) in [4.78, 5) is 1.38. The van der Waals surface area contributed by atoms with E-state index in [4.69, 9.17) is 0 Å². The minimum Gasteiger partial charge on any atom is -0.179 e. The van der Waals surface area contributed by atoms with Gasteiger partial charge < -0.3 is 0 Å². The summed E-state index contributed by atoms with van der Waals surface area (Å²) < 4.78 is 0. The Hall–Kier alpha value is -0.0800. The summed E-state index contributed by atoms with van der Waals surface area (Å²) in [5.74, 6) is 2.21. The maximum Gasteiger partial charge on any atom is 0.00721 e. The van der Waals surface area contributed by atoms with Crippen LogP contribution in [0.15, 0.2) is 35.2 Å². The molecule has 96 valence electrons. The van der Waals surface area contributed by atoms with Crippen LogP contribution in [0, 0.1) is 5.41 Å². The smallest absolute Gasteiger partial charge is 0.00721 e. The van der Waals surface area contributed by atoms with Crippen molar-refractivity contribution >= 4 is 24.4 Å². The van der Waals surface area contributed by atoms with Crippen molar-refractivity contribution < 1.29 is 0 Å². The highest BCUT2D eigenvalue weighted by Gasteiger charge is 2.26. The lowest BCUT2D eigenvalue weighted by Gasteiger charge is -2.31. The molecule has 0 fully saturated rings. The molecule has 0 radical (unpaired) electrons. The largest absolute Gasteiger partial charge is 0.179 e. The molecule has 2 heteroatoms. The summed E-state index contributed by atoms with van der Waals surface area (Å²) in [6.45, 7) is 4.56. The molecule has 0 amide bonds. The van der Waals surface area contributed by atoms with E-state index in [0.717, 1.165) is 5.75 Å². The Balaban J connectivity index is 2.59. The van der Waals surface area contributed by atoms with Crippen LogP contribution in [0.25, 0.3) is 0 Å². The number of hydrogen-bond acceptors (Lipinski definition) is 2. The number of thiol groups is 1. The predicted octanol–water partition coefficient (Wildman–Crippen LogP) is 5.30. The van der Waals surface area contributed by atoms with Crippen molar-refractivity contribution in [2.45, 2.75) is 44.4 Å². The Kier molecular flexibility index (Phi) is 7.14. The first-order valence-corrected chi connectivity index (χ1v) is 8.17. The second-order valence-electron chi connectivity index (χ2n) is 4.76. The van der Waals surface area contributed by atoms with E-state index in [1.807, 2.05) is 11.8 Å². The minimum absolute atomic E-state index is 0.424. The highest BCUT2D eigenvalue weighted by molar-refractivity contribution is 7.99. The fourth-order valence-electron chi connectivity index (χ4n) is 2.29. The van der Waals surface area contributed by atoms with Gasteiger partial charge in [-0.05, 0) is 36.1 Å². The summed E-state index contributed by atoms with van der Waals surface area (Å²) in [7, 11) is 0. The second kappa shape index (κ2) is 8.10. The van der Waals surface area contributed by atoms with Crippen LogP contribution >= 0.6 is 24.4 Å². The van der Waals surface area contributed by atoms with E-state index in [-0.39, 0.29) is 0 Å². The lowest BCUT2D eigenvalue weighted by atomic mass is 9.83. The molecule has 0 saturated carbocycles. The maximum absolute atomic E-state index is 4.60. The predicted molar refractivity (Wildman–Crippen MR) is 83.3 cm³/mol. The van der Waals surface area contributed by atoms with Crippen molar-refractivity contribution in [3.63, 3.8) is 0 Å². The normalized spacial score (nSPS) is 11.7. The Bertz CT molecular complexity index is 289. The van der Waals surface area contributed by atoms with Crippen LogP contribution in [0.4, 0.5) is 0 Å². The van der Waals surface area contributed by atoms with Crippen LogP contribution in [0.1, 0.15) is 39.5 Å². The third-order valence-corrected chi connectivity index (χ3v) is 5.22. The van der Waals surface area contributed by atoms with Crippen LogP contribution < -0.4 is 0 Å². The van der Waals surface area contributed by atoms with E-state index in [0.29, 0.717) is 5.41 Å². The summed E-state index contributed by atoms with van der Waals surface area (Å²) in [6, 6.07) is 10.7. The third kappa shape index (κ3) is 4.97. The zero-order valence-electron chi connectivity index (χ0n) is 11.0. The fraction of sp³-hybridized carbons (Fsp3) is 0.600. The molecule has 17 heavy (non-hydrogen) atoms. The molecule has 0 atom stereocenters. The van der Waals surface area contributed by atoms with E-state index in [2.05, 4.69) is 56.8 Å². The topological polar surface area (TPSA) is 0 Å². The van der Waals surface area contributed by atoms with Gasteiger partial charge in [-0.3, -0.25) is 0 Å². The van der Waals surface area contributed by atoms with Crippen LogP contribution in [0.5, 0.6) is 0 Å². The van der Waals surface area contributed by atoms with E-state index in [9.17, 15) is 0 Å². The standard InChI is InChI=1S/C15H24S2/c1-3-10-15(12-16,11-4-2)13-17-14-8-6-5-7-9-14/h5-9,16H,3-4,10-13H2,1-2H3. The average molecular weight is 268 g/mol. The zero-order chi connectivity index (χ0) is 12.6. The Morgan fingerprint density at radius 2 is 1.65 bits per heavy atom. The molecular formula is C15H24S2. The Morgan fingerprint density at radius 3 is 2.12 bits per heavy atom. The molecule has 0 unspecified atom stereocenters. The van der Waals surface area contributed by atoms with Gasteiger partial charge in [0.1, 0.15) is 0 Å². The van der Waals surface area contributed by atoms with E-state index < -0.39 is 0 Å². The van der Waals surface area contributed by atoms with Crippen LogP contribution in [-0.4, -0.2) is 11.5 Å². The molecule has 1 aromatic carbocycles. The van der Waals surface area contributed by atoms with E-state index in [1.165, 1.54) is 36.3 Å². The quantitative estimate of drug-likeness (QED) is 0.493. The molecule has 0 spiro atoms. The van der Waals surface area contributed by atoms with Gasteiger partial charge in [0.05, 0.1) is 0 Å². The number of thioether (sulfide) groups is 1. The zero-order valence-corrected chi connectivity index (χ0v) is 12.7. The van der Waals surface area contributed by atoms with Crippen LogP contribution in [0.3, 0.4) is 0 Å². The van der Waals surface area contributed by atoms with Gasteiger partial charge in [-0.1, -0.05) is 44.9 Å². The molecule has 0 aromatic heterocycles. The van der Waals surface area contributed by atoms with Crippen molar-refractivity contribution in [3.8, 4) is 0 Å². The van der Waals surface area contributed by atoms with Crippen molar-refractivity contribution in [3.05, 3.63) is 30.3 Å². The van der Waals surface area contributed by atoms with Gasteiger partial charge in [0, 0.05) is 10.6 Å². The maximum atomic E-state index is 4.60. The average Bonchev–Trinajstić information content (AvgIpc) is 2.38. The SMILES string of the molecule is CCCC(CS)(CCC)CSc1ccccc1. The van der Waals surface area contributed by atoms with E-state index >= 15 is 0 Å². The van der Waals surface area contributed by atoms with Gasteiger partial charge >= 0.3 is 0 Å². The Morgan fingerprint density at radius 1 is 1.06 bits per heavy atom. The van der Waals surface area contributed by atoms with Crippen LogP contribution in [-0.2, 0) is 0 Å².